The number of nitrogen functional groups attached to an aromatic ring is 1. The average Bonchev–Trinajstić information content (AvgIpc) is 2.96. The Morgan fingerprint density at radius 1 is 1.52 bits per heavy atom. The Labute approximate surface area is 133 Å². The van der Waals surface area contributed by atoms with Crippen LogP contribution in [0.4, 0.5) is 5.82 Å². The number of aromatic nitrogens is 4. The predicted octanol–water partition coefficient (Wildman–Crippen LogP) is -0.592. The van der Waals surface area contributed by atoms with Crippen molar-refractivity contribution in [3.63, 3.8) is 0 Å². The molecule has 1 unspecified atom stereocenters. The molecule has 3 rings (SSSR count). The number of aliphatic hydroxyl groups excluding tert-OH is 1. The fraction of sp³-hybridized carbons (Fsp3) is 0.545. The molecule has 0 aliphatic carbocycles. The van der Waals surface area contributed by atoms with E-state index in [1.165, 1.54) is 12.7 Å². The van der Waals surface area contributed by atoms with E-state index in [-0.39, 0.29) is 16.7 Å². The van der Waals surface area contributed by atoms with Gasteiger partial charge in [0.15, 0.2) is 0 Å². The maximum atomic E-state index is 11.5. The Kier molecular flexibility index (Phi) is 4.09. The molecular formula is C11H15N5O3Se2. The number of anilines is 1. The minimum absolute atomic E-state index is 0.167. The molecule has 1 fully saturated rings. The van der Waals surface area contributed by atoms with Gasteiger partial charge in [0.05, 0.1) is 0 Å². The van der Waals surface area contributed by atoms with E-state index in [0.29, 0.717) is 16.5 Å². The van der Waals surface area contributed by atoms with Gasteiger partial charge in [0.25, 0.3) is 0 Å². The third kappa shape index (κ3) is 2.63. The summed E-state index contributed by atoms with van der Waals surface area (Å²) in [5.41, 5.74) is 6.74. The number of rotatable bonds is 3. The minimum atomic E-state index is -1.89. The normalized spacial score (nSPS) is 30.8. The molecule has 1 aliphatic heterocycles. The van der Waals surface area contributed by atoms with Gasteiger partial charge in [0, 0.05) is 0 Å². The number of ether oxygens (including phenoxy) is 1. The quantitative estimate of drug-likeness (QED) is 0.634. The van der Waals surface area contributed by atoms with Gasteiger partial charge in [-0.25, -0.2) is 0 Å². The van der Waals surface area contributed by atoms with Gasteiger partial charge in [-0.3, -0.25) is 0 Å². The van der Waals surface area contributed by atoms with Crippen molar-refractivity contribution in [1.29, 1.82) is 0 Å². The summed E-state index contributed by atoms with van der Waals surface area (Å²) in [6.07, 6.45) is 1.26. The van der Waals surface area contributed by atoms with Crippen LogP contribution in [0.25, 0.3) is 11.2 Å². The first-order valence-electron chi connectivity index (χ1n) is 6.23. The first-order valence-corrected chi connectivity index (χ1v) is 10.9. The molecule has 0 aromatic carbocycles. The topological polar surface area (TPSA) is 116 Å². The summed E-state index contributed by atoms with van der Waals surface area (Å²) in [5, 5.41) is 10.9. The Morgan fingerprint density at radius 2 is 2.29 bits per heavy atom. The second-order valence-electron chi connectivity index (χ2n) is 4.87. The van der Waals surface area contributed by atoms with Crippen molar-refractivity contribution in [2.24, 2.45) is 0 Å². The Hall–Kier alpha value is -0.891. The van der Waals surface area contributed by atoms with Crippen LogP contribution in [0.15, 0.2) is 12.7 Å². The van der Waals surface area contributed by atoms with Crippen LogP contribution < -0.4 is 5.73 Å². The zero-order valence-corrected chi connectivity index (χ0v) is 14.7. The SMILES string of the molecule is C[Se](=O)C[C@H]1O[C@@H](n2cnc3c(N)ncnc32)[C@H](O)[C@@H]1[SeH]. The number of fused-ring (bicyclic) bond motifs is 1. The van der Waals surface area contributed by atoms with Crippen LogP contribution in [-0.2, 0) is 8.57 Å². The molecule has 0 amide bonds. The summed E-state index contributed by atoms with van der Waals surface area (Å²) in [5.74, 6) is 2.00. The molecule has 2 aromatic rings. The van der Waals surface area contributed by atoms with Gasteiger partial charge in [0.2, 0.25) is 0 Å². The van der Waals surface area contributed by atoms with E-state index in [1.807, 2.05) is 0 Å². The maximum absolute atomic E-state index is 11.5. The van der Waals surface area contributed by atoms with Crippen molar-refractivity contribution in [3.8, 4) is 0 Å². The monoisotopic (exact) mass is 425 g/mol. The fourth-order valence-corrected chi connectivity index (χ4v) is 5.33. The second kappa shape index (κ2) is 5.72. The predicted molar refractivity (Wildman–Crippen MR) is 77.7 cm³/mol. The molecule has 8 nitrogen and oxygen atoms in total. The van der Waals surface area contributed by atoms with Gasteiger partial charge in [0.1, 0.15) is 0 Å². The van der Waals surface area contributed by atoms with Crippen molar-refractivity contribution in [2.45, 2.75) is 34.4 Å². The number of hydrogen-bond acceptors (Lipinski definition) is 7. The van der Waals surface area contributed by atoms with Crippen molar-refractivity contribution in [3.05, 3.63) is 12.7 Å². The summed E-state index contributed by atoms with van der Waals surface area (Å²) < 4.78 is 19.0. The molecule has 0 radical (unpaired) electrons. The van der Waals surface area contributed by atoms with E-state index in [1.54, 1.807) is 10.4 Å². The Bertz CT molecular complexity index is 694. The second-order valence-corrected chi connectivity index (χ2v) is 9.22. The molecular weight excluding hydrogens is 408 g/mol. The van der Waals surface area contributed by atoms with Gasteiger partial charge in [-0.05, 0) is 0 Å². The van der Waals surface area contributed by atoms with Gasteiger partial charge in [-0.1, -0.05) is 0 Å². The zero-order valence-electron chi connectivity index (χ0n) is 11.2. The van der Waals surface area contributed by atoms with Crippen LogP contribution in [0, 0.1) is 0 Å². The number of hydrogen-bond donors (Lipinski definition) is 2. The summed E-state index contributed by atoms with van der Waals surface area (Å²) in [6.45, 7) is 0. The summed E-state index contributed by atoms with van der Waals surface area (Å²) >= 11 is 0.510. The van der Waals surface area contributed by atoms with Crippen LogP contribution in [0.2, 0.25) is 16.0 Å². The third-order valence-electron chi connectivity index (χ3n) is 3.40. The third-order valence-corrected chi connectivity index (χ3v) is 6.41. The van der Waals surface area contributed by atoms with Crippen LogP contribution in [0.5, 0.6) is 0 Å². The molecule has 1 saturated heterocycles. The summed E-state index contributed by atoms with van der Waals surface area (Å²) in [4.78, 5) is 12.0. The molecule has 5 atom stereocenters. The molecule has 2 aromatic heterocycles. The Balaban J connectivity index is 1.96. The van der Waals surface area contributed by atoms with Crippen molar-refractivity contribution in [2.75, 3.05) is 5.73 Å². The first kappa shape index (κ1) is 15.0. The van der Waals surface area contributed by atoms with E-state index in [9.17, 15) is 8.94 Å². The van der Waals surface area contributed by atoms with Gasteiger partial charge >= 0.3 is 133 Å². The number of aliphatic hydroxyl groups is 1. The van der Waals surface area contributed by atoms with Crippen LogP contribution in [0.3, 0.4) is 0 Å². The summed E-state index contributed by atoms with van der Waals surface area (Å²) in [7, 11) is 0. The fourth-order valence-electron chi connectivity index (χ4n) is 2.38. The molecule has 21 heavy (non-hydrogen) atoms. The molecule has 3 N–H and O–H groups in total. The number of nitrogens with two attached hydrogens (primary N) is 1. The van der Waals surface area contributed by atoms with E-state index >= 15 is 0 Å². The van der Waals surface area contributed by atoms with Crippen LogP contribution in [0.1, 0.15) is 6.23 Å². The molecule has 0 bridgehead atoms. The van der Waals surface area contributed by atoms with Crippen molar-refractivity contribution >= 4 is 46.8 Å². The van der Waals surface area contributed by atoms with Crippen LogP contribution >= 0.6 is 0 Å². The zero-order chi connectivity index (χ0) is 15.1. The van der Waals surface area contributed by atoms with E-state index in [2.05, 4.69) is 31.0 Å². The van der Waals surface area contributed by atoms with Crippen molar-refractivity contribution < 1.29 is 13.7 Å². The molecule has 0 spiro atoms. The molecule has 3 heterocycles. The van der Waals surface area contributed by atoms with E-state index < -0.39 is 26.2 Å². The van der Waals surface area contributed by atoms with E-state index in [0.717, 1.165) is 0 Å². The van der Waals surface area contributed by atoms with Gasteiger partial charge in [-0.2, -0.15) is 0 Å². The standard InChI is InChI=1S/C11H15N5O3Se2/c1-21(18)2-5-8(20)7(17)11(19-5)16-4-15-6-9(12)13-3-14-10(6)16/h3-5,7-8,11,17,20H,2H2,1H3,(H2,12,13,14)/t5-,7-,8-,11-,21?/m1/s1. The molecule has 0 saturated carbocycles. The van der Waals surface area contributed by atoms with Gasteiger partial charge < -0.3 is 0 Å². The average molecular weight is 423 g/mol. The molecule has 1 aliphatic rings. The van der Waals surface area contributed by atoms with Gasteiger partial charge in [-0.15, -0.1) is 0 Å². The van der Waals surface area contributed by atoms with Crippen LogP contribution in [-0.4, -0.2) is 66.7 Å². The number of imidazole rings is 1. The van der Waals surface area contributed by atoms with E-state index in [4.69, 9.17) is 10.5 Å². The molecule has 114 valence electrons. The first-order chi connectivity index (χ1) is 9.99. The Morgan fingerprint density at radius 3 is 3.00 bits per heavy atom. The van der Waals surface area contributed by atoms with Crippen molar-refractivity contribution in [1.82, 2.24) is 19.5 Å². The molecule has 10 heteroatoms. The number of nitrogens with zero attached hydrogens (tertiary/aromatic N) is 4. The summed E-state index contributed by atoms with van der Waals surface area (Å²) in [6, 6.07) is 0.